The Morgan fingerprint density at radius 2 is 1.82 bits per heavy atom. The van der Waals surface area contributed by atoms with E-state index in [0.717, 1.165) is 50.4 Å². The quantitative estimate of drug-likeness (QED) is 0.506. The van der Waals surface area contributed by atoms with Gasteiger partial charge in [-0.1, -0.05) is 51.0 Å². The second kappa shape index (κ2) is 9.65. The molecule has 0 amide bonds. The number of hydrogen-bond donors (Lipinski definition) is 0. The lowest BCUT2D eigenvalue weighted by Gasteiger charge is -2.28. The number of hydrogen-bond acceptors (Lipinski definition) is 3. The molecule has 0 N–H and O–H groups in total. The Balaban J connectivity index is 1.78. The summed E-state index contributed by atoms with van der Waals surface area (Å²) in [5, 5.41) is 0. The van der Waals surface area contributed by atoms with Crippen molar-refractivity contribution in [3.63, 3.8) is 0 Å². The van der Waals surface area contributed by atoms with E-state index in [-0.39, 0.29) is 6.29 Å². The third-order valence-corrected chi connectivity index (χ3v) is 3.71. The molecule has 0 atom stereocenters. The first kappa shape index (κ1) is 17.0. The standard InChI is InChI=1S/C19H28O3/c1-3-5-7-8-16-14-21-19(22-15-16)17-9-11-18(12-10-17)20-13-6-4-2/h7-12,16,19H,3-6,13-15H2,1-2H3. The molecule has 1 heterocycles. The second-order valence-corrected chi connectivity index (χ2v) is 5.75. The lowest BCUT2D eigenvalue weighted by Crippen LogP contribution is -2.25. The van der Waals surface area contributed by atoms with Crippen molar-refractivity contribution >= 4 is 0 Å². The van der Waals surface area contributed by atoms with E-state index in [1.807, 2.05) is 24.3 Å². The summed E-state index contributed by atoms with van der Waals surface area (Å²) in [6, 6.07) is 8.04. The first-order valence-electron chi connectivity index (χ1n) is 8.46. The molecule has 0 saturated carbocycles. The maximum Gasteiger partial charge on any atom is 0.183 e. The van der Waals surface area contributed by atoms with Gasteiger partial charge in [-0.25, -0.2) is 0 Å². The predicted molar refractivity (Wildman–Crippen MR) is 89.0 cm³/mol. The third kappa shape index (κ3) is 5.47. The van der Waals surface area contributed by atoms with Gasteiger partial charge in [-0.05, 0) is 25.0 Å². The fourth-order valence-corrected chi connectivity index (χ4v) is 2.33. The van der Waals surface area contributed by atoms with Crippen LogP contribution in [-0.4, -0.2) is 19.8 Å². The molecule has 1 aliphatic rings. The molecule has 1 aromatic rings. The molecule has 22 heavy (non-hydrogen) atoms. The lowest BCUT2D eigenvalue weighted by molar-refractivity contribution is -0.197. The summed E-state index contributed by atoms with van der Waals surface area (Å²) in [6.07, 6.45) is 8.73. The highest BCUT2D eigenvalue weighted by Crippen LogP contribution is 2.27. The maximum atomic E-state index is 5.83. The Morgan fingerprint density at radius 1 is 1.09 bits per heavy atom. The minimum atomic E-state index is -0.250. The highest BCUT2D eigenvalue weighted by Gasteiger charge is 2.21. The normalized spacial score (nSPS) is 22.1. The van der Waals surface area contributed by atoms with Crippen LogP contribution in [0.5, 0.6) is 5.75 Å². The van der Waals surface area contributed by atoms with Crippen molar-refractivity contribution in [1.82, 2.24) is 0 Å². The lowest BCUT2D eigenvalue weighted by atomic mass is 10.1. The zero-order valence-electron chi connectivity index (χ0n) is 13.8. The van der Waals surface area contributed by atoms with E-state index >= 15 is 0 Å². The van der Waals surface area contributed by atoms with Crippen molar-refractivity contribution in [1.29, 1.82) is 0 Å². The Labute approximate surface area is 134 Å². The monoisotopic (exact) mass is 304 g/mol. The molecular formula is C19H28O3. The minimum Gasteiger partial charge on any atom is -0.494 e. The van der Waals surface area contributed by atoms with Gasteiger partial charge in [0.05, 0.1) is 19.8 Å². The highest BCUT2D eigenvalue weighted by molar-refractivity contribution is 5.28. The van der Waals surface area contributed by atoms with Gasteiger partial charge in [0.2, 0.25) is 0 Å². The number of allylic oxidation sites excluding steroid dienone is 1. The van der Waals surface area contributed by atoms with Crippen molar-refractivity contribution in [3.8, 4) is 5.75 Å². The van der Waals surface area contributed by atoms with Gasteiger partial charge in [0.15, 0.2) is 6.29 Å². The average Bonchev–Trinajstić information content (AvgIpc) is 2.57. The van der Waals surface area contributed by atoms with Gasteiger partial charge in [0.25, 0.3) is 0 Å². The van der Waals surface area contributed by atoms with Crippen LogP contribution in [0.2, 0.25) is 0 Å². The zero-order valence-corrected chi connectivity index (χ0v) is 13.8. The third-order valence-electron chi connectivity index (χ3n) is 3.71. The van der Waals surface area contributed by atoms with Crippen LogP contribution >= 0.6 is 0 Å². The summed E-state index contributed by atoms with van der Waals surface area (Å²) in [4.78, 5) is 0. The summed E-state index contributed by atoms with van der Waals surface area (Å²) in [5.74, 6) is 1.29. The maximum absolute atomic E-state index is 5.83. The average molecular weight is 304 g/mol. The van der Waals surface area contributed by atoms with Gasteiger partial charge in [0, 0.05) is 11.5 Å². The molecule has 1 aromatic carbocycles. The molecule has 122 valence electrons. The molecule has 0 unspecified atom stereocenters. The van der Waals surface area contributed by atoms with Crippen molar-refractivity contribution in [2.45, 2.75) is 45.8 Å². The molecule has 0 spiro atoms. The molecule has 2 rings (SSSR count). The van der Waals surface area contributed by atoms with Crippen LogP contribution < -0.4 is 4.74 Å². The number of rotatable bonds is 8. The number of unbranched alkanes of at least 4 members (excludes halogenated alkanes) is 2. The number of benzene rings is 1. The fourth-order valence-electron chi connectivity index (χ4n) is 2.33. The van der Waals surface area contributed by atoms with E-state index in [4.69, 9.17) is 14.2 Å². The van der Waals surface area contributed by atoms with Crippen LogP contribution in [0.25, 0.3) is 0 Å². The SMILES string of the molecule is CCCC=CC1COC(c2ccc(OCCCC)cc2)OC1. The van der Waals surface area contributed by atoms with E-state index in [0.29, 0.717) is 5.92 Å². The molecule has 3 nitrogen and oxygen atoms in total. The van der Waals surface area contributed by atoms with Crippen molar-refractivity contribution in [2.24, 2.45) is 5.92 Å². The zero-order chi connectivity index (χ0) is 15.6. The summed E-state index contributed by atoms with van der Waals surface area (Å²) in [6.45, 7) is 6.57. The Bertz CT molecular complexity index is 430. The fraction of sp³-hybridized carbons (Fsp3) is 0.579. The first-order chi connectivity index (χ1) is 10.8. The van der Waals surface area contributed by atoms with Gasteiger partial charge in [-0.3, -0.25) is 0 Å². The van der Waals surface area contributed by atoms with Crippen molar-refractivity contribution in [2.75, 3.05) is 19.8 Å². The molecule has 0 bridgehead atoms. The molecule has 1 saturated heterocycles. The predicted octanol–water partition coefficient (Wildman–Crippen LogP) is 4.88. The van der Waals surface area contributed by atoms with Gasteiger partial charge < -0.3 is 14.2 Å². The van der Waals surface area contributed by atoms with Crippen molar-refractivity contribution in [3.05, 3.63) is 42.0 Å². The van der Waals surface area contributed by atoms with Gasteiger partial charge >= 0.3 is 0 Å². The molecule has 3 heteroatoms. The Hall–Kier alpha value is -1.32. The smallest absolute Gasteiger partial charge is 0.183 e. The van der Waals surface area contributed by atoms with Crippen LogP contribution in [0.4, 0.5) is 0 Å². The topological polar surface area (TPSA) is 27.7 Å². The van der Waals surface area contributed by atoms with E-state index in [1.54, 1.807) is 0 Å². The van der Waals surface area contributed by atoms with Crippen LogP contribution in [-0.2, 0) is 9.47 Å². The summed E-state index contributed by atoms with van der Waals surface area (Å²) in [5.41, 5.74) is 1.05. The van der Waals surface area contributed by atoms with Gasteiger partial charge in [0.1, 0.15) is 5.75 Å². The van der Waals surface area contributed by atoms with Crippen LogP contribution in [0, 0.1) is 5.92 Å². The van der Waals surface area contributed by atoms with E-state index in [9.17, 15) is 0 Å². The van der Waals surface area contributed by atoms with E-state index in [1.165, 1.54) is 6.42 Å². The van der Waals surface area contributed by atoms with Gasteiger partial charge in [-0.2, -0.15) is 0 Å². The Kier molecular flexibility index (Phi) is 7.47. The Morgan fingerprint density at radius 3 is 2.45 bits per heavy atom. The molecule has 0 aromatic heterocycles. The molecule has 1 aliphatic heterocycles. The molecular weight excluding hydrogens is 276 g/mol. The number of ether oxygens (including phenoxy) is 3. The summed E-state index contributed by atoms with van der Waals surface area (Å²) < 4.78 is 17.3. The van der Waals surface area contributed by atoms with Crippen molar-refractivity contribution < 1.29 is 14.2 Å². The largest absolute Gasteiger partial charge is 0.494 e. The van der Waals surface area contributed by atoms with Gasteiger partial charge in [-0.15, -0.1) is 0 Å². The van der Waals surface area contributed by atoms with E-state index < -0.39 is 0 Å². The van der Waals surface area contributed by atoms with E-state index in [2.05, 4.69) is 26.0 Å². The summed E-state index contributed by atoms with van der Waals surface area (Å²) in [7, 11) is 0. The molecule has 0 radical (unpaired) electrons. The van der Waals surface area contributed by atoms with Crippen LogP contribution in [0.1, 0.15) is 51.4 Å². The molecule has 0 aliphatic carbocycles. The molecule has 1 fully saturated rings. The summed E-state index contributed by atoms with van der Waals surface area (Å²) >= 11 is 0. The van der Waals surface area contributed by atoms with Crippen LogP contribution in [0.15, 0.2) is 36.4 Å². The minimum absolute atomic E-state index is 0.250. The first-order valence-corrected chi connectivity index (χ1v) is 8.46. The second-order valence-electron chi connectivity index (χ2n) is 5.75. The highest BCUT2D eigenvalue weighted by atomic mass is 16.7. The van der Waals surface area contributed by atoms with Crippen LogP contribution in [0.3, 0.4) is 0 Å².